The summed E-state index contributed by atoms with van der Waals surface area (Å²) < 4.78 is 16.9. The lowest BCUT2D eigenvalue weighted by Gasteiger charge is -2.26. The van der Waals surface area contributed by atoms with Gasteiger partial charge in [0.2, 0.25) is 0 Å². The normalized spacial score (nSPS) is 17.0. The summed E-state index contributed by atoms with van der Waals surface area (Å²) in [7, 11) is 1.70. The van der Waals surface area contributed by atoms with Gasteiger partial charge in [-0.1, -0.05) is 13.8 Å². The van der Waals surface area contributed by atoms with Gasteiger partial charge in [0.15, 0.2) is 5.82 Å². The van der Waals surface area contributed by atoms with E-state index in [4.69, 9.17) is 24.3 Å². The average Bonchev–Trinajstić information content (AvgIpc) is 2.92. The van der Waals surface area contributed by atoms with Crippen molar-refractivity contribution in [3.05, 3.63) is 35.4 Å². The highest BCUT2D eigenvalue weighted by atomic mass is 16.5. The molecule has 0 atom stereocenters. The van der Waals surface area contributed by atoms with Gasteiger partial charge >= 0.3 is 6.01 Å². The molecule has 0 bridgehead atoms. The van der Waals surface area contributed by atoms with Gasteiger partial charge in [-0.25, -0.2) is 0 Å². The predicted molar refractivity (Wildman–Crippen MR) is 144 cm³/mol. The topological polar surface area (TPSA) is 84.3 Å². The molecule has 9 heteroatoms. The number of rotatable bonds is 12. The Balaban J connectivity index is 1.52. The Morgan fingerprint density at radius 3 is 2.64 bits per heavy atom. The van der Waals surface area contributed by atoms with Gasteiger partial charge < -0.3 is 19.1 Å². The zero-order valence-corrected chi connectivity index (χ0v) is 22.0. The number of hydrogen-bond donors (Lipinski definition) is 1. The number of anilines is 2. The third kappa shape index (κ3) is 7.07. The van der Waals surface area contributed by atoms with Crippen molar-refractivity contribution >= 4 is 17.3 Å². The minimum absolute atomic E-state index is 0.384. The third-order valence-corrected chi connectivity index (χ3v) is 6.53. The van der Waals surface area contributed by atoms with Crippen molar-refractivity contribution in [2.24, 2.45) is 5.10 Å². The summed E-state index contributed by atoms with van der Waals surface area (Å²) >= 11 is 0. The number of morpholine rings is 1. The standard InChI is InChI=1S/C27H40N6O3/c1-4-11-33(12-5-2)26-20-25(28-27(29-26)36-18-15-32-13-16-35-17-14-32)31-30-24-8-6-7-21-19-22(34-3)9-10-23(21)24/h9-10,19-20H,4-8,11-18H2,1-3H3,(H,28,29,31)/b30-24+. The van der Waals surface area contributed by atoms with Crippen molar-refractivity contribution in [2.45, 2.75) is 46.0 Å². The van der Waals surface area contributed by atoms with Crippen LogP contribution in [-0.4, -0.2) is 80.2 Å². The number of hydrogen-bond acceptors (Lipinski definition) is 9. The van der Waals surface area contributed by atoms with Crippen LogP contribution in [0.3, 0.4) is 0 Å². The maximum atomic E-state index is 6.04. The van der Waals surface area contributed by atoms with Crippen LogP contribution in [0.25, 0.3) is 0 Å². The lowest BCUT2D eigenvalue weighted by atomic mass is 9.90. The minimum Gasteiger partial charge on any atom is -0.497 e. The Labute approximate surface area is 214 Å². The van der Waals surface area contributed by atoms with Gasteiger partial charge in [-0.2, -0.15) is 15.1 Å². The molecule has 196 valence electrons. The second kappa shape index (κ2) is 13.4. The molecule has 36 heavy (non-hydrogen) atoms. The second-order valence-electron chi connectivity index (χ2n) is 9.23. The number of aryl methyl sites for hydroxylation is 1. The molecule has 2 heterocycles. The molecule has 2 aliphatic rings. The van der Waals surface area contributed by atoms with Crippen LogP contribution in [0.5, 0.6) is 11.8 Å². The molecule has 1 aromatic heterocycles. The van der Waals surface area contributed by atoms with Crippen molar-refractivity contribution in [1.29, 1.82) is 0 Å². The van der Waals surface area contributed by atoms with E-state index < -0.39 is 0 Å². The molecule has 1 aromatic carbocycles. The highest BCUT2D eigenvalue weighted by Crippen LogP contribution is 2.26. The zero-order chi connectivity index (χ0) is 25.2. The summed E-state index contributed by atoms with van der Waals surface area (Å²) in [6.07, 6.45) is 5.11. The number of benzene rings is 1. The van der Waals surface area contributed by atoms with Gasteiger partial charge in [0.1, 0.15) is 18.2 Å². The summed E-state index contributed by atoms with van der Waals surface area (Å²) in [5.74, 6) is 2.40. The minimum atomic E-state index is 0.384. The number of nitrogens with one attached hydrogen (secondary N) is 1. The summed E-state index contributed by atoms with van der Waals surface area (Å²) in [4.78, 5) is 14.0. The Kier molecular flexibility index (Phi) is 9.75. The number of nitrogens with zero attached hydrogens (tertiary/aromatic N) is 5. The number of aromatic nitrogens is 2. The van der Waals surface area contributed by atoms with Crippen LogP contribution in [0.4, 0.5) is 11.6 Å². The number of hydrazone groups is 1. The van der Waals surface area contributed by atoms with Crippen LogP contribution in [0.1, 0.15) is 50.7 Å². The zero-order valence-electron chi connectivity index (χ0n) is 22.0. The van der Waals surface area contributed by atoms with Crippen LogP contribution in [0, 0.1) is 0 Å². The molecular formula is C27H40N6O3. The van der Waals surface area contributed by atoms with Gasteiger partial charge in [-0.3, -0.25) is 10.3 Å². The summed E-state index contributed by atoms with van der Waals surface area (Å²) in [5, 5.41) is 4.78. The van der Waals surface area contributed by atoms with Crippen LogP contribution in [0.2, 0.25) is 0 Å². The second-order valence-corrected chi connectivity index (χ2v) is 9.23. The van der Waals surface area contributed by atoms with E-state index in [2.05, 4.69) is 46.2 Å². The van der Waals surface area contributed by atoms with Gasteiger partial charge in [-0.15, -0.1) is 0 Å². The van der Waals surface area contributed by atoms with Crippen molar-refractivity contribution in [1.82, 2.24) is 14.9 Å². The maximum Gasteiger partial charge on any atom is 0.320 e. The lowest BCUT2D eigenvalue weighted by Crippen LogP contribution is -2.38. The van der Waals surface area contributed by atoms with E-state index in [0.29, 0.717) is 18.4 Å². The molecule has 9 nitrogen and oxygen atoms in total. The molecule has 1 saturated heterocycles. The van der Waals surface area contributed by atoms with Crippen LogP contribution < -0.4 is 19.8 Å². The monoisotopic (exact) mass is 496 g/mol. The predicted octanol–water partition coefficient (Wildman–Crippen LogP) is 3.98. The quantitative estimate of drug-likeness (QED) is 0.442. The molecule has 0 spiro atoms. The summed E-state index contributed by atoms with van der Waals surface area (Å²) in [6.45, 7) is 11.0. The van der Waals surface area contributed by atoms with E-state index in [1.807, 2.05) is 12.1 Å². The van der Waals surface area contributed by atoms with Crippen molar-refractivity contribution < 1.29 is 14.2 Å². The SMILES string of the molecule is CCCN(CCC)c1cc(N/N=C2\CCCc3cc(OC)ccc32)nc(OCCN2CCOCC2)n1. The molecule has 0 saturated carbocycles. The Morgan fingerprint density at radius 1 is 1.08 bits per heavy atom. The first-order chi connectivity index (χ1) is 17.7. The fourth-order valence-electron chi connectivity index (χ4n) is 4.68. The van der Waals surface area contributed by atoms with Gasteiger partial charge in [-0.05, 0) is 55.9 Å². The van der Waals surface area contributed by atoms with E-state index in [0.717, 1.165) is 95.3 Å². The van der Waals surface area contributed by atoms with E-state index in [-0.39, 0.29) is 0 Å². The summed E-state index contributed by atoms with van der Waals surface area (Å²) in [5.41, 5.74) is 6.69. The molecule has 1 fully saturated rings. The third-order valence-electron chi connectivity index (χ3n) is 6.53. The van der Waals surface area contributed by atoms with Crippen molar-refractivity contribution in [2.75, 3.05) is 70.0 Å². The highest BCUT2D eigenvalue weighted by molar-refractivity contribution is 6.03. The van der Waals surface area contributed by atoms with E-state index in [1.165, 1.54) is 11.1 Å². The molecule has 1 aliphatic heterocycles. The molecule has 0 unspecified atom stereocenters. The van der Waals surface area contributed by atoms with E-state index >= 15 is 0 Å². The molecule has 0 radical (unpaired) electrons. The van der Waals surface area contributed by atoms with Gasteiger partial charge in [0, 0.05) is 44.4 Å². The number of methoxy groups -OCH3 is 1. The highest BCUT2D eigenvalue weighted by Gasteiger charge is 2.18. The number of fused-ring (bicyclic) bond motifs is 1. The smallest absolute Gasteiger partial charge is 0.320 e. The fraction of sp³-hybridized carbons (Fsp3) is 0.593. The summed E-state index contributed by atoms with van der Waals surface area (Å²) in [6, 6.07) is 8.57. The molecule has 4 rings (SSSR count). The first-order valence-corrected chi connectivity index (χ1v) is 13.3. The van der Waals surface area contributed by atoms with E-state index in [9.17, 15) is 0 Å². The van der Waals surface area contributed by atoms with Crippen LogP contribution >= 0.6 is 0 Å². The largest absolute Gasteiger partial charge is 0.497 e. The molecule has 1 aliphatic carbocycles. The fourth-order valence-corrected chi connectivity index (χ4v) is 4.68. The first-order valence-electron chi connectivity index (χ1n) is 13.3. The molecule has 1 N–H and O–H groups in total. The average molecular weight is 497 g/mol. The van der Waals surface area contributed by atoms with Gasteiger partial charge in [0.05, 0.1) is 26.0 Å². The Hall–Kier alpha value is -2.91. The molecular weight excluding hydrogens is 456 g/mol. The Morgan fingerprint density at radius 2 is 1.89 bits per heavy atom. The molecule has 0 amide bonds. The maximum absolute atomic E-state index is 6.04. The lowest BCUT2D eigenvalue weighted by molar-refractivity contribution is 0.0317. The van der Waals surface area contributed by atoms with Crippen LogP contribution in [-0.2, 0) is 11.2 Å². The van der Waals surface area contributed by atoms with E-state index in [1.54, 1.807) is 7.11 Å². The first kappa shape index (κ1) is 26.2. The van der Waals surface area contributed by atoms with Crippen LogP contribution in [0.15, 0.2) is 29.4 Å². The van der Waals surface area contributed by atoms with Gasteiger partial charge in [0.25, 0.3) is 0 Å². The molecule has 2 aromatic rings. The van der Waals surface area contributed by atoms with Crippen molar-refractivity contribution in [3.8, 4) is 11.8 Å². The Bertz CT molecular complexity index is 1000. The number of ether oxygens (including phenoxy) is 3. The van der Waals surface area contributed by atoms with Crippen molar-refractivity contribution in [3.63, 3.8) is 0 Å².